The van der Waals surface area contributed by atoms with Gasteiger partial charge in [0.1, 0.15) is 0 Å². The third-order valence-electron chi connectivity index (χ3n) is 4.72. The van der Waals surface area contributed by atoms with E-state index in [1.165, 1.54) is 49.4 Å². The summed E-state index contributed by atoms with van der Waals surface area (Å²) in [5.41, 5.74) is 1.69. The van der Waals surface area contributed by atoms with E-state index in [-0.39, 0.29) is 28.3 Å². The summed E-state index contributed by atoms with van der Waals surface area (Å²) in [6, 6.07) is 19.5. The zero-order chi connectivity index (χ0) is 22.4. The molecule has 31 heavy (non-hydrogen) atoms. The number of hydrogen-bond acceptors (Lipinski definition) is 5. The third-order valence-corrected chi connectivity index (χ3v) is 6.19. The number of nitrogens with one attached hydrogen (secondary N) is 2. The Balaban J connectivity index is 1.65. The minimum absolute atomic E-state index is 0.0742. The Kier molecular flexibility index (Phi) is 6.78. The van der Waals surface area contributed by atoms with Crippen molar-refractivity contribution in [1.82, 2.24) is 4.72 Å². The smallest absolute Gasteiger partial charge is 0.273 e. The molecule has 0 aromatic heterocycles. The number of nitro groups is 1. The second-order valence-electron chi connectivity index (χ2n) is 6.82. The number of carbonyl (C=O) groups excluding carboxylic acids is 1. The highest BCUT2D eigenvalue weighted by atomic mass is 32.2. The maximum absolute atomic E-state index is 12.5. The van der Waals surface area contributed by atoms with E-state index in [1.807, 2.05) is 30.3 Å². The van der Waals surface area contributed by atoms with Gasteiger partial charge in [0.2, 0.25) is 10.0 Å². The van der Waals surface area contributed by atoms with Crippen LogP contribution in [0.5, 0.6) is 0 Å². The van der Waals surface area contributed by atoms with Crippen LogP contribution in [0.15, 0.2) is 77.7 Å². The van der Waals surface area contributed by atoms with E-state index >= 15 is 0 Å². The molecule has 0 radical (unpaired) electrons. The van der Waals surface area contributed by atoms with Crippen LogP contribution < -0.4 is 10.0 Å². The van der Waals surface area contributed by atoms with Gasteiger partial charge in [-0.25, -0.2) is 13.1 Å². The summed E-state index contributed by atoms with van der Waals surface area (Å²) < 4.78 is 27.5. The molecule has 8 nitrogen and oxygen atoms in total. The fourth-order valence-corrected chi connectivity index (χ4v) is 4.07. The quantitative estimate of drug-likeness (QED) is 0.410. The van der Waals surface area contributed by atoms with Crippen LogP contribution in [0, 0.1) is 17.0 Å². The molecule has 0 aliphatic rings. The molecule has 2 N–H and O–H groups in total. The fourth-order valence-electron chi connectivity index (χ4n) is 3.04. The zero-order valence-corrected chi connectivity index (χ0v) is 17.6. The normalized spacial score (nSPS) is 11.1. The van der Waals surface area contributed by atoms with E-state index in [4.69, 9.17) is 0 Å². The van der Waals surface area contributed by atoms with Crippen LogP contribution in [0.2, 0.25) is 0 Å². The van der Waals surface area contributed by atoms with Gasteiger partial charge in [0.05, 0.1) is 9.82 Å². The lowest BCUT2D eigenvalue weighted by atomic mass is 10.1. The van der Waals surface area contributed by atoms with Crippen LogP contribution in [0.25, 0.3) is 0 Å². The van der Waals surface area contributed by atoms with Gasteiger partial charge in [-0.2, -0.15) is 0 Å². The molecule has 9 heteroatoms. The molecule has 0 heterocycles. The van der Waals surface area contributed by atoms with Crippen molar-refractivity contribution in [3.8, 4) is 0 Å². The van der Waals surface area contributed by atoms with Crippen molar-refractivity contribution in [3.63, 3.8) is 0 Å². The number of carbonyl (C=O) groups is 1. The average molecular weight is 439 g/mol. The highest BCUT2D eigenvalue weighted by Gasteiger charge is 2.18. The van der Waals surface area contributed by atoms with Gasteiger partial charge in [0, 0.05) is 29.4 Å². The molecule has 0 aliphatic heterocycles. The second kappa shape index (κ2) is 9.50. The molecule has 0 atom stereocenters. The van der Waals surface area contributed by atoms with Crippen molar-refractivity contribution in [2.45, 2.75) is 18.2 Å². The van der Waals surface area contributed by atoms with Crippen LogP contribution in [0.1, 0.15) is 21.5 Å². The molecular formula is C22H21N3O5S. The van der Waals surface area contributed by atoms with Crippen LogP contribution in [-0.2, 0) is 16.4 Å². The van der Waals surface area contributed by atoms with E-state index in [0.717, 1.165) is 5.56 Å². The molecule has 0 fully saturated rings. The molecule has 0 spiro atoms. The number of anilines is 1. The van der Waals surface area contributed by atoms with Gasteiger partial charge in [0.15, 0.2) is 0 Å². The van der Waals surface area contributed by atoms with Crippen LogP contribution in [0.4, 0.5) is 11.4 Å². The Hall–Kier alpha value is -3.56. The summed E-state index contributed by atoms with van der Waals surface area (Å²) in [4.78, 5) is 23.1. The van der Waals surface area contributed by atoms with E-state index in [9.17, 15) is 23.3 Å². The molecule has 1 amide bonds. The zero-order valence-electron chi connectivity index (χ0n) is 16.7. The number of hydrogen-bond donors (Lipinski definition) is 2. The van der Waals surface area contributed by atoms with E-state index in [1.54, 1.807) is 0 Å². The summed E-state index contributed by atoms with van der Waals surface area (Å²) in [5, 5.41) is 13.7. The number of amides is 1. The SMILES string of the molecule is Cc1c(C(=O)Nc2ccc(S(=O)(=O)NCCc3ccccc3)cc2)cccc1[N+](=O)[O-]. The lowest BCUT2D eigenvalue weighted by Crippen LogP contribution is -2.26. The van der Waals surface area contributed by atoms with E-state index < -0.39 is 20.9 Å². The summed E-state index contributed by atoms with van der Waals surface area (Å²) >= 11 is 0. The lowest BCUT2D eigenvalue weighted by Gasteiger charge is -2.10. The molecule has 160 valence electrons. The molecule has 0 saturated heterocycles. The maximum Gasteiger partial charge on any atom is 0.273 e. The molecule has 3 rings (SSSR count). The van der Waals surface area contributed by atoms with Crippen molar-refractivity contribution in [1.29, 1.82) is 0 Å². The topological polar surface area (TPSA) is 118 Å². The number of nitro benzene ring substituents is 1. The molecule has 3 aromatic carbocycles. The first-order chi connectivity index (χ1) is 14.8. The summed E-state index contributed by atoms with van der Waals surface area (Å²) in [6.45, 7) is 1.76. The van der Waals surface area contributed by atoms with Crippen molar-refractivity contribution < 1.29 is 18.1 Å². The Morgan fingerprint density at radius 2 is 1.65 bits per heavy atom. The van der Waals surface area contributed by atoms with Gasteiger partial charge in [-0.1, -0.05) is 36.4 Å². The number of sulfonamides is 1. The fraction of sp³-hybridized carbons (Fsp3) is 0.136. The maximum atomic E-state index is 12.5. The minimum atomic E-state index is -3.69. The second-order valence-corrected chi connectivity index (χ2v) is 8.59. The van der Waals surface area contributed by atoms with Crippen molar-refractivity contribution >= 4 is 27.3 Å². The Bertz CT molecular complexity index is 1190. The van der Waals surface area contributed by atoms with Crippen LogP contribution in [-0.4, -0.2) is 25.8 Å². The van der Waals surface area contributed by atoms with Gasteiger partial charge < -0.3 is 5.32 Å². The monoisotopic (exact) mass is 439 g/mol. The largest absolute Gasteiger partial charge is 0.322 e. The van der Waals surface area contributed by atoms with Crippen LogP contribution in [0.3, 0.4) is 0 Å². The highest BCUT2D eigenvalue weighted by Crippen LogP contribution is 2.22. The Labute approximate surface area is 180 Å². The standard InChI is InChI=1S/C22H21N3O5S/c1-16-20(8-5-9-21(16)25(27)28)22(26)24-18-10-12-19(13-11-18)31(29,30)23-15-14-17-6-3-2-4-7-17/h2-13,23H,14-15H2,1H3,(H,24,26). The van der Waals surface area contributed by atoms with Gasteiger partial charge in [-0.15, -0.1) is 0 Å². The molecule has 0 unspecified atom stereocenters. The predicted octanol–water partition coefficient (Wildman–Crippen LogP) is 3.68. The minimum Gasteiger partial charge on any atom is -0.322 e. The lowest BCUT2D eigenvalue weighted by molar-refractivity contribution is -0.385. The van der Waals surface area contributed by atoms with Crippen molar-refractivity contribution in [2.24, 2.45) is 0 Å². The first-order valence-electron chi connectivity index (χ1n) is 9.47. The molecule has 3 aromatic rings. The predicted molar refractivity (Wildman–Crippen MR) is 118 cm³/mol. The van der Waals surface area contributed by atoms with Crippen LogP contribution >= 0.6 is 0 Å². The van der Waals surface area contributed by atoms with Crippen molar-refractivity contribution in [3.05, 3.63) is 99.6 Å². The number of benzene rings is 3. The highest BCUT2D eigenvalue weighted by molar-refractivity contribution is 7.89. The van der Waals surface area contributed by atoms with E-state index in [2.05, 4.69) is 10.0 Å². The third kappa shape index (κ3) is 5.53. The molecule has 0 aliphatic carbocycles. The first-order valence-corrected chi connectivity index (χ1v) is 11.0. The summed E-state index contributed by atoms with van der Waals surface area (Å²) in [7, 11) is -3.69. The number of rotatable bonds is 8. The summed E-state index contributed by atoms with van der Waals surface area (Å²) in [5.74, 6) is -0.516. The van der Waals surface area contributed by atoms with Crippen molar-refractivity contribution in [2.75, 3.05) is 11.9 Å². The number of nitrogens with zero attached hydrogens (tertiary/aromatic N) is 1. The molecule has 0 bridgehead atoms. The first kappa shape index (κ1) is 22.1. The molecule has 0 saturated carbocycles. The van der Waals surface area contributed by atoms with E-state index in [0.29, 0.717) is 12.1 Å². The van der Waals surface area contributed by atoms with Gasteiger partial charge >= 0.3 is 0 Å². The Morgan fingerprint density at radius 3 is 2.29 bits per heavy atom. The van der Waals surface area contributed by atoms with Gasteiger partial charge in [0.25, 0.3) is 11.6 Å². The van der Waals surface area contributed by atoms with Gasteiger partial charge in [-0.3, -0.25) is 14.9 Å². The molecular weight excluding hydrogens is 418 g/mol. The van der Waals surface area contributed by atoms with Gasteiger partial charge in [-0.05, 0) is 49.2 Å². The average Bonchev–Trinajstić information content (AvgIpc) is 2.74. The summed E-state index contributed by atoms with van der Waals surface area (Å²) in [6.07, 6.45) is 0.566. The Morgan fingerprint density at radius 1 is 0.968 bits per heavy atom.